The number of likely N-dealkylation sites (tertiary alicyclic amines) is 1. The zero-order chi connectivity index (χ0) is 22.0. The molecule has 1 saturated heterocycles. The molecule has 1 aromatic carbocycles. The van der Waals surface area contributed by atoms with Crippen molar-refractivity contribution in [1.29, 1.82) is 0 Å². The molecule has 1 spiro atoms. The Balaban J connectivity index is 1.46. The molecule has 4 rings (SSSR count). The molecule has 0 aromatic heterocycles. The SMILES string of the molecule is CC(C)[C@H]1CC[C@@H](N2CCC3(CC2)C(=O)N(CCNC(N)=S)Cc2ccccc23)CC1. The van der Waals surface area contributed by atoms with Gasteiger partial charge in [0, 0.05) is 25.7 Å². The first kappa shape index (κ1) is 22.5. The summed E-state index contributed by atoms with van der Waals surface area (Å²) in [4.78, 5) is 18.5. The van der Waals surface area contributed by atoms with Gasteiger partial charge in [0.05, 0.1) is 5.41 Å². The van der Waals surface area contributed by atoms with E-state index in [2.05, 4.69) is 48.3 Å². The number of rotatable bonds is 5. The van der Waals surface area contributed by atoms with Crippen molar-refractivity contribution in [1.82, 2.24) is 15.1 Å². The molecule has 0 atom stereocenters. The van der Waals surface area contributed by atoms with Crippen molar-refractivity contribution in [3.63, 3.8) is 0 Å². The third-order valence-electron chi connectivity index (χ3n) is 8.12. The highest BCUT2D eigenvalue weighted by Gasteiger charge is 2.49. The second-order valence-corrected chi connectivity index (χ2v) is 10.5. The van der Waals surface area contributed by atoms with Gasteiger partial charge in [0.15, 0.2) is 5.11 Å². The molecule has 170 valence electrons. The van der Waals surface area contributed by atoms with Gasteiger partial charge in [0.25, 0.3) is 0 Å². The van der Waals surface area contributed by atoms with Gasteiger partial charge in [0.2, 0.25) is 5.91 Å². The van der Waals surface area contributed by atoms with E-state index in [0.29, 0.717) is 36.7 Å². The number of hydrogen-bond donors (Lipinski definition) is 2. The number of fused-ring (bicyclic) bond motifs is 2. The molecule has 0 radical (unpaired) electrons. The van der Waals surface area contributed by atoms with E-state index in [9.17, 15) is 4.79 Å². The predicted octanol–water partition coefficient (Wildman–Crippen LogP) is 3.41. The van der Waals surface area contributed by atoms with Crippen LogP contribution in [0, 0.1) is 11.8 Å². The first-order valence-electron chi connectivity index (χ1n) is 12.1. The first-order chi connectivity index (χ1) is 14.9. The normalized spacial score (nSPS) is 26.2. The molecule has 1 saturated carbocycles. The average molecular weight is 443 g/mol. The molecule has 5 nitrogen and oxygen atoms in total. The number of nitrogens with zero attached hydrogens (tertiary/aromatic N) is 2. The summed E-state index contributed by atoms with van der Waals surface area (Å²) in [5, 5.41) is 3.29. The van der Waals surface area contributed by atoms with E-state index in [1.165, 1.54) is 36.8 Å². The molecule has 2 fully saturated rings. The molecule has 3 aliphatic rings. The second kappa shape index (κ2) is 9.45. The molecule has 1 amide bonds. The number of carbonyl (C=O) groups excluding carboxylic acids is 1. The Morgan fingerprint density at radius 3 is 2.52 bits per heavy atom. The van der Waals surface area contributed by atoms with E-state index in [1.54, 1.807) is 0 Å². The standard InChI is InChI=1S/C25H38N4OS/c1-18(2)19-7-9-21(10-8-19)28-14-11-25(12-15-28)22-6-4-3-5-20(22)17-29(23(25)30)16-13-27-24(26)31/h3-6,18-19,21H,7-17H2,1-2H3,(H3,26,27,31)/t19-,21+. The molecule has 2 heterocycles. The fourth-order valence-electron chi connectivity index (χ4n) is 6.20. The molecular formula is C25H38N4OS. The summed E-state index contributed by atoms with van der Waals surface area (Å²) in [7, 11) is 0. The van der Waals surface area contributed by atoms with Crippen molar-refractivity contribution in [2.45, 2.75) is 70.4 Å². The minimum atomic E-state index is -0.371. The third-order valence-corrected chi connectivity index (χ3v) is 8.27. The summed E-state index contributed by atoms with van der Waals surface area (Å²) < 4.78 is 0. The van der Waals surface area contributed by atoms with E-state index >= 15 is 0 Å². The monoisotopic (exact) mass is 442 g/mol. The zero-order valence-corrected chi connectivity index (χ0v) is 19.9. The number of nitrogens with two attached hydrogens (primary N) is 1. The topological polar surface area (TPSA) is 61.6 Å². The van der Waals surface area contributed by atoms with Gasteiger partial charge in [-0.3, -0.25) is 4.79 Å². The lowest BCUT2D eigenvalue weighted by Gasteiger charge is -2.49. The lowest BCUT2D eigenvalue weighted by molar-refractivity contribution is -0.142. The lowest BCUT2D eigenvalue weighted by atomic mass is 9.67. The highest BCUT2D eigenvalue weighted by atomic mass is 32.1. The number of amides is 1. The van der Waals surface area contributed by atoms with Crippen molar-refractivity contribution in [3.05, 3.63) is 35.4 Å². The van der Waals surface area contributed by atoms with Crippen LogP contribution in [0.2, 0.25) is 0 Å². The smallest absolute Gasteiger partial charge is 0.233 e. The average Bonchev–Trinajstić information content (AvgIpc) is 2.77. The summed E-state index contributed by atoms with van der Waals surface area (Å²) in [5.74, 6) is 1.98. The van der Waals surface area contributed by atoms with Crippen LogP contribution < -0.4 is 11.1 Å². The summed E-state index contributed by atoms with van der Waals surface area (Å²) in [6, 6.07) is 9.28. The summed E-state index contributed by atoms with van der Waals surface area (Å²) >= 11 is 4.93. The molecule has 0 bridgehead atoms. The molecular weight excluding hydrogens is 404 g/mol. The van der Waals surface area contributed by atoms with Gasteiger partial charge >= 0.3 is 0 Å². The van der Waals surface area contributed by atoms with Gasteiger partial charge in [-0.15, -0.1) is 0 Å². The van der Waals surface area contributed by atoms with Crippen LogP contribution in [-0.2, 0) is 16.8 Å². The highest BCUT2D eigenvalue weighted by Crippen LogP contribution is 2.44. The van der Waals surface area contributed by atoms with Crippen molar-refractivity contribution in [2.24, 2.45) is 17.6 Å². The third kappa shape index (κ3) is 4.61. The Bertz CT molecular complexity index is 794. The van der Waals surface area contributed by atoms with Crippen LogP contribution in [0.3, 0.4) is 0 Å². The maximum absolute atomic E-state index is 13.8. The van der Waals surface area contributed by atoms with Gasteiger partial charge in [-0.25, -0.2) is 0 Å². The Morgan fingerprint density at radius 1 is 1.19 bits per heavy atom. The number of nitrogens with one attached hydrogen (secondary N) is 1. The number of benzene rings is 1. The maximum atomic E-state index is 13.8. The van der Waals surface area contributed by atoms with Gasteiger partial charge in [-0.2, -0.15) is 0 Å². The Labute approximate surface area is 192 Å². The van der Waals surface area contributed by atoms with E-state index in [-0.39, 0.29) is 5.41 Å². The predicted molar refractivity (Wildman–Crippen MR) is 130 cm³/mol. The number of piperidine rings is 1. The van der Waals surface area contributed by atoms with E-state index < -0.39 is 0 Å². The molecule has 6 heteroatoms. The van der Waals surface area contributed by atoms with Crippen molar-refractivity contribution in [3.8, 4) is 0 Å². The Morgan fingerprint density at radius 2 is 1.87 bits per heavy atom. The van der Waals surface area contributed by atoms with Crippen LogP contribution in [0.4, 0.5) is 0 Å². The second-order valence-electron chi connectivity index (χ2n) is 10.1. The van der Waals surface area contributed by atoms with Crippen LogP contribution >= 0.6 is 12.2 Å². The minimum absolute atomic E-state index is 0.291. The van der Waals surface area contributed by atoms with Crippen LogP contribution in [0.15, 0.2) is 24.3 Å². The van der Waals surface area contributed by atoms with Crippen LogP contribution in [0.5, 0.6) is 0 Å². The van der Waals surface area contributed by atoms with Crippen molar-refractivity contribution >= 4 is 23.2 Å². The van der Waals surface area contributed by atoms with Gasteiger partial charge in [-0.05, 0) is 86.8 Å². The first-order valence-corrected chi connectivity index (χ1v) is 12.5. The fourth-order valence-corrected chi connectivity index (χ4v) is 6.30. The quantitative estimate of drug-likeness (QED) is 0.685. The summed E-state index contributed by atoms with van der Waals surface area (Å²) in [5.41, 5.74) is 7.77. The van der Waals surface area contributed by atoms with Crippen molar-refractivity contribution < 1.29 is 4.79 Å². The maximum Gasteiger partial charge on any atom is 0.233 e. The lowest BCUT2D eigenvalue weighted by Crippen LogP contribution is -2.58. The van der Waals surface area contributed by atoms with Crippen LogP contribution in [-0.4, -0.2) is 53.0 Å². The minimum Gasteiger partial charge on any atom is -0.376 e. The van der Waals surface area contributed by atoms with Crippen molar-refractivity contribution in [2.75, 3.05) is 26.2 Å². The number of hydrogen-bond acceptors (Lipinski definition) is 3. The molecule has 3 N–H and O–H groups in total. The van der Waals surface area contributed by atoms with Gasteiger partial charge in [0.1, 0.15) is 0 Å². The fraction of sp³-hybridized carbons (Fsp3) is 0.680. The number of thiocarbonyl (C=S) groups is 1. The zero-order valence-electron chi connectivity index (χ0n) is 19.1. The van der Waals surface area contributed by atoms with Gasteiger partial charge < -0.3 is 20.9 Å². The largest absolute Gasteiger partial charge is 0.376 e. The van der Waals surface area contributed by atoms with E-state index in [4.69, 9.17) is 18.0 Å². The van der Waals surface area contributed by atoms with Gasteiger partial charge in [-0.1, -0.05) is 38.1 Å². The Kier molecular flexibility index (Phi) is 6.87. The molecule has 1 aromatic rings. The molecule has 31 heavy (non-hydrogen) atoms. The highest BCUT2D eigenvalue weighted by molar-refractivity contribution is 7.80. The van der Waals surface area contributed by atoms with Crippen LogP contribution in [0.25, 0.3) is 0 Å². The summed E-state index contributed by atoms with van der Waals surface area (Å²) in [6.07, 6.45) is 7.19. The van der Waals surface area contributed by atoms with E-state index in [0.717, 1.165) is 37.8 Å². The Hall–Kier alpha value is -1.66. The molecule has 1 aliphatic carbocycles. The molecule has 2 aliphatic heterocycles. The van der Waals surface area contributed by atoms with E-state index in [1.807, 2.05) is 4.90 Å². The van der Waals surface area contributed by atoms with Crippen LogP contribution in [0.1, 0.15) is 63.5 Å². The number of carbonyl (C=O) groups is 1. The summed E-state index contributed by atoms with van der Waals surface area (Å²) in [6.45, 7) is 8.69. The molecule has 0 unspecified atom stereocenters.